The molecule has 20 heavy (non-hydrogen) atoms. The van der Waals surface area contributed by atoms with E-state index < -0.39 is 0 Å². The van der Waals surface area contributed by atoms with Crippen LogP contribution in [0.3, 0.4) is 0 Å². The van der Waals surface area contributed by atoms with Gasteiger partial charge in [0.05, 0.1) is 0 Å². The predicted octanol–water partition coefficient (Wildman–Crippen LogP) is 5.97. The molecule has 0 saturated heterocycles. The van der Waals surface area contributed by atoms with Crippen LogP contribution in [0.25, 0.3) is 0 Å². The second kappa shape index (κ2) is 6.90. The molecule has 0 aliphatic rings. The zero-order valence-electron chi connectivity index (χ0n) is 12.0. The first-order valence-corrected chi connectivity index (χ1v) is 7.54. The monoisotopic (exact) mass is 290 g/mol. The lowest BCUT2D eigenvalue weighted by molar-refractivity contribution is 0.595. The molecule has 0 heterocycles. The topological polar surface area (TPSA) is 0 Å². The molecule has 2 rings (SSSR count). The van der Waals surface area contributed by atoms with Crippen molar-refractivity contribution < 1.29 is 4.39 Å². The first-order chi connectivity index (χ1) is 9.63. The molecule has 0 aliphatic heterocycles. The third-order valence-electron chi connectivity index (χ3n) is 3.84. The summed E-state index contributed by atoms with van der Waals surface area (Å²) in [6.07, 6.45) is 2.70. The van der Waals surface area contributed by atoms with Crippen molar-refractivity contribution in [3.8, 4) is 0 Å². The Balaban J connectivity index is 2.19. The fourth-order valence-corrected chi connectivity index (χ4v) is 2.67. The molecule has 0 amide bonds. The van der Waals surface area contributed by atoms with Gasteiger partial charge in [-0.3, -0.25) is 0 Å². The highest BCUT2D eigenvalue weighted by atomic mass is 35.5. The molecule has 0 spiro atoms. The van der Waals surface area contributed by atoms with E-state index >= 15 is 0 Å². The number of hydrogen-bond acceptors (Lipinski definition) is 0. The van der Waals surface area contributed by atoms with Crippen LogP contribution in [0.5, 0.6) is 0 Å². The van der Waals surface area contributed by atoms with E-state index in [4.69, 9.17) is 11.6 Å². The maximum Gasteiger partial charge on any atom is 0.127 e. The van der Waals surface area contributed by atoms with Crippen LogP contribution in [0.4, 0.5) is 4.39 Å². The van der Waals surface area contributed by atoms with Crippen LogP contribution < -0.4 is 0 Å². The molecule has 0 nitrogen and oxygen atoms in total. The van der Waals surface area contributed by atoms with Crippen LogP contribution in [0.15, 0.2) is 42.5 Å². The summed E-state index contributed by atoms with van der Waals surface area (Å²) in [5.41, 5.74) is 2.91. The maximum atomic E-state index is 14.2. The lowest BCUT2D eigenvalue weighted by Crippen LogP contribution is -1.99. The Hall–Kier alpha value is -1.34. The maximum absolute atomic E-state index is 14.2. The van der Waals surface area contributed by atoms with Gasteiger partial charge in [-0.15, -0.1) is 0 Å². The molecule has 0 unspecified atom stereocenters. The van der Waals surface area contributed by atoms with Crippen LogP contribution in [-0.4, -0.2) is 0 Å². The smallest absolute Gasteiger partial charge is 0.127 e. The third kappa shape index (κ3) is 3.61. The van der Waals surface area contributed by atoms with Gasteiger partial charge in [0.15, 0.2) is 0 Å². The van der Waals surface area contributed by atoms with Gasteiger partial charge < -0.3 is 0 Å². The van der Waals surface area contributed by atoms with Gasteiger partial charge in [-0.05, 0) is 53.6 Å². The van der Waals surface area contributed by atoms with E-state index in [1.807, 2.05) is 30.3 Å². The normalized spacial score (nSPS) is 11.1. The summed E-state index contributed by atoms with van der Waals surface area (Å²) in [6, 6.07) is 13.2. The first kappa shape index (κ1) is 15.1. The summed E-state index contributed by atoms with van der Waals surface area (Å²) in [5, 5.41) is 0.707. The minimum absolute atomic E-state index is 0.107. The molecular formula is C18H20ClF. The fourth-order valence-electron chi connectivity index (χ4n) is 2.54. The van der Waals surface area contributed by atoms with Gasteiger partial charge in [-0.25, -0.2) is 4.39 Å². The van der Waals surface area contributed by atoms with E-state index in [9.17, 15) is 4.39 Å². The van der Waals surface area contributed by atoms with Gasteiger partial charge in [0.1, 0.15) is 5.82 Å². The Morgan fingerprint density at radius 1 is 1.00 bits per heavy atom. The summed E-state index contributed by atoms with van der Waals surface area (Å²) in [4.78, 5) is 0. The van der Waals surface area contributed by atoms with Crippen LogP contribution in [0.1, 0.15) is 49.3 Å². The second-order valence-electron chi connectivity index (χ2n) is 5.17. The number of hydrogen-bond donors (Lipinski definition) is 0. The number of halogens is 2. The van der Waals surface area contributed by atoms with Gasteiger partial charge in [0.25, 0.3) is 0 Å². The lowest BCUT2D eigenvalue weighted by atomic mass is 9.92. The van der Waals surface area contributed by atoms with Gasteiger partial charge in [0.2, 0.25) is 0 Å². The minimum atomic E-state index is -0.107. The van der Waals surface area contributed by atoms with Crippen LogP contribution >= 0.6 is 11.6 Å². The number of rotatable bonds is 5. The first-order valence-electron chi connectivity index (χ1n) is 7.16. The Kier molecular flexibility index (Phi) is 5.19. The summed E-state index contributed by atoms with van der Waals surface area (Å²) in [6.45, 7) is 4.29. The van der Waals surface area contributed by atoms with Crippen molar-refractivity contribution in [2.75, 3.05) is 0 Å². The molecule has 0 radical (unpaired) electrons. The van der Waals surface area contributed by atoms with Crippen molar-refractivity contribution >= 4 is 11.6 Å². The average molecular weight is 291 g/mol. The Morgan fingerprint density at radius 2 is 1.65 bits per heavy atom. The Bertz CT molecular complexity index is 556. The SMILES string of the molecule is CCC(CC)c1ccc(Cc2ccc(Cl)cc2)c(F)c1. The molecule has 2 aromatic rings. The standard InChI is InChI=1S/C18H20ClF/c1-3-14(4-2)15-7-8-16(18(20)12-15)11-13-5-9-17(19)10-6-13/h5-10,12,14H,3-4,11H2,1-2H3. The van der Waals surface area contributed by atoms with Crippen molar-refractivity contribution in [2.24, 2.45) is 0 Å². The molecule has 0 aliphatic carbocycles. The highest BCUT2D eigenvalue weighted by Gasteiger charge is 2.10. The highest BCUT2D eigenvalue weighted by molar-refractivity contribution is 6.30. The van der Waals surface area contributed by atoms with Crippen LogP contribution in [-0.2, 0) is 6.42 Å². The predicted molar refractivity (Wildman–Crippen MR) is 84.0 cm³/mol. The summed E-state index contributed by atoms with van der Waals surface area (Å²) < 4.78 is 14.2. The van der Waals surface area contributed by atoms with E-state index in [2.05, 4.69) is 19.9 Å². The van der Waals surface area contributed by atoms with E-state index in [1.165, 1.54) is 0 Å². The van der Waals surface area contributed by atoms with Crippen molar-refractivity contribution in [1.82, 2.24) is 0 Å². The summed E-state index contributed by atoms with van der Waals surface area (Å²) >= 11 is 5.86. The van der Waals surface area contributed by atoms with Gasteiger partial charge in [0, 0.05) is 11.4 Å². The van der Waals surface area contributed by atoms with Crippen LogP contribution in [0, 0.1) is 5.82 Å². The van der Waals surface area contributed by atoms with Gasteiger partial charge >= 0.3 is 0 Å². The zero-order chi connectivity index (χ0) is 14.5. The average Bonchev–Trinajstić information content (AvgIpc) is 2.45. The molecule has 0 aromatic heterocycles. The van der Waals surface area contributed by atoms with E-state index in [0.29, 0.717) is 17.4 Å². The van der Waals surface area contributed by atoms with Gasteiger partial charge in [-0.2, -0.15) is 0 Å². The van der Waals surface area contributed by atoms with E-state index in [0.717, 1.165) is 29.5 Å². The molecule has 0 N–H and O–H groups in total. The molecule has 0 atom stereocenters. The summed E-state index contributed by atoms with van der Waals surface area (Å²) in [5.74, 6) is 0.346. The molecule has 2 heteroatoms. The Labute approximate surface area is 125 Å². The molecular weight excluding hydrogens is 271 g/mol. The number of benzene rings is 2. The van der Waals surface area contributed by atoms with Crippen molar-refractivity contribution in [2.45, 2.75) is 39.0 Å². The molecule has 2 aromatic carbocycles. The molecule has 106 valence electrons. The Morgan fingerprint density at radius 3 is 2.20 bits per heavy atom. The second-order valence-corrected chi connectivity index (χ2v) is 5.60. The highest BCUT2D eigenvalue weighted by Crippen LogP contribution is 2.25. The van der Waals surface area contributed by atoms with Crippen molar-refractivity contribution in [3.05, 3.63) is 70.0 Å². The van der Waals surface area contributed by atoms with Crippen LogP contribution in [0.2, 0.25) is 5.02 Å². The van der Waals surface area contributed by atoms with E-state index in [1.54, 1.807) is 6.07 Å². The quantitative estimate of drug-likeness (QED) is 0.636. The summed E-state index contributed by atoms with van der Waals surface area (Å²) in [7, 11) is 0. The molecule has 0 bridgehead atoms. The largest absolute Gasteiger partial charge is 0.207 e. The minimum Gasteiger partial charge on any atom is -0.207 e. The van der Waals surface area contributed by atoms with E-state index in [-0.39, 0.29) is 5.82 Å². The third-order valence-corrected chi connectivity index (χ3v) is 4.09. The van der Waals surface area contributed by atoms with Crippen molar-refractivity contribution in [3.63, 3.8) is 0 Å². The molecule has 0 saturated carbocycles. The zero-order valence-corrected chi connectivity index (χ0v) is 12.8. The molecule has 0 fully saturated rings. The lowest BCUT2D eigenvalue weighted by Gasteiger charge is -2.14. The van der Waals surface area contributed by atoms with Gasteiger partial charge in [-0.1, -0.05) is 49.7 Å². The van der Waals surface area contributed by atoms with Crippen molar-refractivity contribution in [1.29, 1.82) is 0 Å². The fraction of sp³-hybridized carbons (Fsp3) is 0.333.